The van der Waals surface area contributed by atoms with Crippen LogP contribution in [0.3, 0.4) is 0 Å². The number of aryl methyl sites for hydroxylation is 3. The molecule has 0 N–H and O–H groups in total. The Balaban J connectivity index is 0.00000368. The number of hydrogen-bond donors (Lipinski definition) is 0. The summed E-state index contributed by atoms with van der Waals surface area (Å²) < 4.78 is 35.9. The summed E-state index contributed by atoms with van der Waals surface area (Å²) in [6.45, 7) is 15.3. The molecule has 1 aliphatic carbocycles. The average Bonchev–Trinajstić information content (AvgIpc) is 3.17. The van der Waals surface area contributed by atoms with Gasteiger partial charge in [-0.15, -0.1) is 0 Å². The van der Waals surface area contributed by atoms with Crippen LogP contribution in [0.25, 0.3) is 0 Å². The molecule has 0 radical (unpaired) electrons. The third kappa shape index (κ3) is 6.45. The van der Waals surface area contributed by atoms with E-state index < -0.39 is 11.4 Å². The van der Waals surface area contributed by atoms with Crippen molar-refractivity contribution in [3.8, 4) is 34.5 Å². The Labute approximate surface area is 312 Å². The molecule has 0 fully saturated rings. The van der Waals surface area contributed by atoms with Crippen LogP contribution in [0.4, 0.5) is 0 Å². The molecule has 1 aliphatic rings. The second-order valence-electron chi connectivity index (χ2n) is 11.6. The van der Waals surface area contributed by atoms with E-state index in [2.05, 4.69) is 87.1 Å². The number of hydrogen-bond acceptors (Lipinski definition) is 6. The molecule has 4 rings (SSSR count). The molecule has 0 atom stereocenters. The van der Waals surface area contributed by atoms with Gasteiger partial charge in [0.1, 0.15) is 0 Å². The molecular weight excluding hydrogens is 711 g/mol. The van der Waals surface area contributed by atoms with Crippen molar-refractivity contribution in [1.29, 1.82) is 0 Å². The maximum Gasteiger partial charge on any atom is -1.00 e. The van der Waals surface area contributed by atoms with E-state index in [0.29, 0.717) is 0 Å². The summed E-state index contributed by atoms with van der Waals surface area (Å²) in [4.78, 5) is 0. The molecule has 3 aromatic rings. The van der Waals surface area contributed by atoms with E-state index in [4.69, 9.17) is 28.4 Å². The van der Waals surface area contributed by atoms with Crippen LogP contribution in [-0.4, -0.2) is 50.7 Å². The Kier molecular flexibility index (Phi) is 14.9. The van der Waals surface area contributed by atoms with Gasteiger partial charge in [-0.05, 0) is 0 Å². The van der Waals surface area contributed by atoms with Gasteiger partial charge >= 0.3 is 277 Å². The molecule has 254 valence electrons. The van der Waals surface area contributed by atoms with E-state index in [-0.39, 0.29) is 37.2 Å². The second kappa shape index (κ2) is 16.4. The maximum atomic E-state index is 6.31. The first-order valence-corrected chi connectivity index (χ1v) is 17.4. The molecule has 6 nitrogen and oxygen atoms in total. The van der Waals surface area contributed by atoms with Gasteiger partial charge in [0.15, 0.2) is 0 Å². The molecule has 3 aromatic carbocycles. The summed E-state index contributed by atoms with van der Waals surface area (Å²) in [7, 11) is 6.92. The van der Waals surface area contributed by atoms with Gasteiger partial charge in [-0.1, -0.05) is 0 Å². The molecule has 0 heterocycles. The van der Waals surface area contributed by atoms with Crippen molar-refractivity contribution in [3.63, 3.8) is 0 Å². The standard InChI is InChI=1S/C36H45O6Si.3ClH.Ti/c1-20-14-33(30(40-11)17-27(20)37-8)43(36-25(6)23(4)24(5)26(36)7,34-15-21(2)28(38-9)18-31(34)41-12)35-16-22(3)29(39-10)19-32(35)42-13;;;;/h14-19H,1-13H3;3*1H;/q;;;;+3/p-3. The zero-order chi connectivity index (χ0) is 32.7. The van der Waals surface area contributed by atoms with Crippen LogP contribution in [0.2, 0.25) is 3.34 Å². The van der Waals surface area contributed by atoms with Crippen LogP contribution in [0, 0.1) is 20.8 Å². The number of ether oxygens (including phenoxy) is 6. The largest absolute Gasteiger partial charge is 1.00 e. The predicted molar refractivity (Wildman–Crippen MR) is 177 cm³/mol. The Hall–Kier alpha value is -2.26. The van der Waals surface area contributed by atoms with Crippen molar-refractivity contribution >= 4 is 23.6 Å². The SMILES string of the molecule is COc1cc(OC)c([Si](c2cc(C)c(OC)cc2OC)(c2cc(C)c(OC)cc2OC)[C]2([Ti+3])C(C)=C(C)C(C)=C2C)cc1C.[Cl-].[Cl-].[Cl-]. The van der Waals surface area contributed by atoms with Gasteiger partial charge in [-0.3, -0.25) is 0 Å². The Morgan fingerprint density at radius 1 is 0.426 bits per heavy atom. The summed E-state index contributed by atoms with van der Waals surface area (Å²) in [6, 6.07) is 12.8. The van der Waals surface area contributed by atoms with Gasteiger partial charge in [0.05, 0.1) is 0 Å². The van der Waals surface area contributed by atoms with Gasteiger partial charge in [0.25, 0.3) is 0 Å². The minimum absolute atomic E-state index is 0. The van der Waals surface area contributed by atoms with Gasteiger partial charge < -0.3 is 37.2 Å². The van der Waals surface area contributed by atoms with Crippen LogP contribution in [0.1, 0.15) is 44.4 Å². The van der Waals surface area contributed by atoms with E-state index in [9.17, 15) is 0 Å². The van der Waals surface area contributed by atoms with E-state index in [1.54, 1.807) is 42.7 Å². The van der Waals surface area contributed by atoms with Crippen molar-refractivity contribution in [3.05, 3.63) is 75.4 Å². The molecule has 0 saturated carbocycles. The molecule has 11 heteroatoms. The van der Waals surface area contributed by atoms with Crippen LogP contribution in [-0.2, 0) is 20.4 Å². The maximum absolute atomic E-state index is 6.31. The minimum Gasteiger partial charge on any atom is -1.00 e. The number of benzene rings is 3. The number of rotatable bonds is 10. The minimum atomic E-state index is -3.38. The van der Waals surface area contributed by atoms with Gasteiger partial charge in [-0.25, -0.2) is 0 Å². The zero-order valence-electron chi connectivity index (χ0n) is 29.5. The zero-order valence-corrected chi connectivity index (χ0v) is 34.4. The third-order valence-corrected chi connectivity index (χ3v) is 18.1. The molecule has 47 heavy (non-hydrogen) atoms. The molecule has 0 saturated heterocycles. The molecule has 0 bridgehead atoms. The van der Waals surface area contributed by atoms with Crippen molar-refractivity contribution in [2.24, 2.45) is 0 Å². The topological polar surface area (TPSA) is 55.4 Å². The number of halogens is 3. The Morgan fingerprint density at radius 2 is 0.660 bits per heavy atom. The van der Waals surface area contributed by atoms with Crippen molar-refractivity contribution in [1.82, 2.24) is 0 Å². The van der Waals surface area contributed by atoms with E-state index in [0.717, 1.165) is 66.7 Å². The molecular formula is C36H45Cl3O6SiTi. The fraction of sp³-hybridized carbons (Fsp3) is 0.389. The van der Waals surface area contributed by atoms with Crippen molar-refractivity contribution in [2.45, 2.75) is 51.8 Å². The summed E-state index contributed by atoms with van der Waals surface area (Å²) in [5.41, 5.74) is 8.31. The molecule has 0 unspecified atom stereocenters. The number of methoxy groups -OCH3 is 6. The molecule has 0 aromatic heterocycles. The fourth-order valence-electron chi connectivity index (χ4n) is 7.06. The van der Waals surface area contributed by atoms with Crippen LogP contribution in [0.5, 0.6) is 34.5 Å². The van der Waals surface area contributed by atoms with E-state index in [1.807, 2.05) is 18.2 Å². The molecule has 0 amide bonds. The summed E-state index contributed by atoms with van der Waals surface area (Å²) in [6.07, 6.45) is 0. The summed E-state index contributed by atoms with van der Waals surface area (Å²) in [5, 5.41) is 3.31. The van der Waals surface area contributed by atoms with Crippen molar-refractivity contribution in [2.75, 3.05) is 42.7 Å². The van der Waals surface area contributed by atoms with Gasteiger partial charge in [0.2, 0.25) is 0 Å². The summed E-state index contributed by atoms with van der Waals surface area (Å²) in [5.74, 6) is 4.59. The Bertz CT molecular complexity index is 1510. The first-order chi connectivity index (χ1) is 20.8. The van der Waals surface area contributed by atoms with Crippen molar-refractivity contribution < 1.29 is 86.1 Å². The number of allylic oxidation sites excluding steroid dienone is 4. The van der Waals surface area contributed by atoms with Crippen LogP contribution < -0.4 is 81.2 Å². The predicted octanol–water partition coefficient (Wildman–Crippen LogP) is -2.92. The van der Waals surface area contributed by atoms with Crippen LogP contribution >= 0.6 is 0 Å². The first-order valence-electron chi connectivity index (χ1n) is 14.6. The quantitative estimate of drug-likeness (QED) is 0.164. The normalized spacial score (nSPS) is 13.7. The van der Waals surface area contributed by atoms with E-state index >= 15 is 0 Å². The average molecular weight is 756 g/mol. The third-order valence-electron chi connectivity index (χ3n) is 9.74. The Morgan fingerprint density at radius 3 is 0.872 bits per heavy atom. The summed E-state index contributed by atoms with van der Waals surface area (Å²) >= 11 is 2.40. The monoisotopic (exact) mass is 754 g/mol. The molecule has 0 spiro atoms. The molecule has 0 aliphatic heterocycles. The fourth-order valence-corrected chi connectivity index (χ4v) is 16.1. The van der Waals surface area contributed by atoms with Gasteiger partial charge in [0, 0.05) is 0 Å². The second-order valence-corrected chi connectivity index (χ2v) is 17.4. The first kappa shape index (κ1) is 42.8. The van der Waals surface area contributed by atoms with Crippen LogP contribution in [0.15, 0.2) is 58.7 Å². The van der Waals surface area contributed by atoms with Gasteiger partial charge in [-0.2, -0.15) is 0 Å². The smallest absolute Gasteiger partial charge is 1.00 e. The van der Waals surface area contributed by atoms with E-state index in [1.165, 1.54) is 22.3 Å².